The molecule has 94 valence electrons. The molecule has 0 aliphatic rings. The summed E-state index contributed by atoms with van der Waals surface area (Å²) in [5, 5.41) is 3.67. The van der Waals surface area contributed by atoms with E-state index in [0.717, 1.165) is 0 Å². The summed E-state index contributed by atoms with van der Waals surface area (Å²) in [7, 11) is 1.55. The molecule has 3 nitrogen and oxygen atoms in total. The number of methoxy groups -OCH3 is 1. The topological polar surface area (TPSA) is 38.3 Å². The minimum Gasteiger partial charge on any atom is -0.495 e. The number of rotatable bonds is 6. The Labute approximate surface area is 107 Å². The van der Waals surface area contributed by atoms with Crippen LogP contribution < -0.4 is 10.1 Å². The molecule has 1 rings (SSSR count). The molecule has 0 unspecified atom stereocenters. The second kappa shape index (κ2) is 6.62. The summed E-state index contributed by atoms with van der Waals surface area (Å²) >= 11 is 5.97. The van der Waals surface area contributed by atoms with E-state index in [0.29, 0.717) is 35.3 Å². The van der Waals surface area contributed by atoms with Crippen LogP contribution in [-0.2, 0) is 0 Å². The summed E-state index contributed by atoms with van der Waals surface area (Å²) < 4.78 is 5.04. The Hall–Kier alpha value is -1.06. The monoisotopic (exact) mass is 255 g/mol. The van der Waals surface area contributed by atoms with Gasteiger partial charge >= 0.3 is 0 Å². The van der Waals surface area contributed by atoms with Gasteiger partial charge in [0.2, 0.25) is 0 Å². The molecule has 0 fully saturated rings. The van der Waals surface area contributed by atoms with Crippen molar-refractivity contribution in [2.45, 2.75) is 26.3 Å². The van der Waals surface area contributed by atoms with Crippen molar-refractivity contribution < 1.29 is 9.53 Å². The van der Waals surface area contributed by atoms with E-state index in [1.54, 1.807) is 25.3 Å². The summed E-state index contributed by atoms with van der Waals surface area (Å²) in [6.45, 7) is 4.78. The fourth-order valence-corrected chi connectivity index (χ4v) is 1.72. The van der Waals surface area contributed by atoms with Gasteiger partial charge in [0.1, 0.15) is 5.75 Å². The number of Topliss-reactive ketones (excluding diaryl/α,β-unsaturated/α-hetero) is 1. The van der Waals surface area contributed by atoms with Gasteiger partial charge < -0.3 is 10.1 Å². The number of nitrogens with one attached hydrogen (secondary N) is 1. The van der Waals surface area contributed by atoms with Crippen molar-refractivity contribution in [2.24, 2.45) is 0 Å². The molecule has 1 aromatic carbocycles. The minimum absolute atomic E-state index is 0.0858. The maximum atomic E-state index is 11.8. The van der Waals surface area contributed by atoms with E-state index in [9.17, 15) is 4.79 Å². The lowest BCUT2D eigenvalue weighted by Crippen LogP contribution is -2.25. The standard InChI is InChI=1S/C13H18ClNO2/c1-9(2)15-7-6-12(16)10-4-5-13(17-3)11(14)8-10/h4-5,8-9,15H,6-7H2,1-3H3. The molecule has 0 bridgehead atoms. The Morgan fingerprint density at radius 3 is 2.71 bits per heavy atom. The van der Waals surface area contributed by atoms with Crippen molar-refractivity contribution in [1.82, 2.24) is 5.32 Å². The molecular weight excluding hydrogens is 238 g/mol. The minimum atomic E-state index is 0.0858. The quantitative estimate of drug-likeness (QED) is 0.795. The Kier molecular flexibility index (Phi) is 5.45. The number of benzene rings is 1. The highest BCUT2D eigenvalue weighted by Gasteiger charge is 2.09. The van der Waals surface area contributed by atoms with Crippen LogP contribution in [0, 0.1) is 0 Å². The van der Waals surface area contributed by atoms with E-state index < -0.39 is 0 Å². The van der Waals surface area contributed by atoms with Crippen LogP contribution in [0.25, 0.3) is 0 Å². The zero-order chi connectivity index (χ0) is 12.8. The van der Waals surface area contributed by atoms with E-state index in [1.165, 1.54) is 0 Å². The van der Waals surface area contributed by atoms with E-state index in [1.807, 2.05) is 0 Å². The molecular formula is C13H18ClNO2. The molecule has 0 aliphatic carbocycles. The highest BCUT2D eigenvalue weighted by atomic mass is 35.5. The van der Waals surface area contributed by atoms with E-state index >= 15 is 0 Å². The molecule has 0 radical (unpaired) electrons. The Morgan fingerprint density at radius 2 is 2.18 bits per heavy atom. The van der Waals surface area contributed by atoms with Gasteiger partial charge in [-0.2, -0.15) is 0 Å². The van der Waals surface area contributed by atoms with E-state index in [2.05, 4.69) is 19.2 Å². The molecule has 0 atom stereocenters. The van der Waals surface area contributed by atoms with Gasteiger partial charge in [-0.05, 0) is 18.2 Å². The van der Waals surface area contributed by atoms with Crippen molar-refractivity contribution in [3.8, 4) is 5.75 Å². The van der Waals surface area contributed by atoms with Crippen molar-refractivity contribution in [2.75, 3.05) is 13.7 Å². The van der Waals surface area contributed by atoms with Crippen LogP contribution in [-0.4, -0.2) is 25.5 Å². The van der Waals surface area contributed by atoms with Crippen LogP contribution in [0.1, 0.15) is 30.6 Å². The summed E-state index contributed by atoms with van der Waals surface area (Å²) in [6, 6.07) is 5.49. The third kappa shape index (κ3) is 4.36. The Balaban J connectivity index is 2.60. The van der Waals surface area contributed by atoms with Crippen molar-refractivity contribution in [3.63, 3.8) is 0 Å². The normalized spacial score (nSPS) is 10.6. The maximum Gasteiger partial charge on any atom is 0.164 e. The highest BCUT2D eigenvalue weighted by molar-refractivity contribution is 6.32. The van der Waals surface area contributed by atoms with Crippen LogP contribution in [0.5, 0.6) is 5.75 Å². The molecule has 0 heterocycles. The Morgan fingerprint density at radius 1 is 1.47 bits per heavy atom. The lowest BCUT2D eigenvalue weighted by molar-refractivity contribution is 0.0982. The fourth-order valence-electron chi connectivity index (χ4n) is 1.46. The first kappa shape index (κ1) is 14.0. The van der Waals surface area contributed by atoms with Gasteiger partial charge in [-0.1, -0.05) is 25.4 Å². The van der Waals surface area contributed by atoms with Crippen LogP contribution in [0.4, 0.5) is 0 Å². The average molecular weight is 256 g/mol. The number of halogens is 1. The van der Waals surface area contributed by atoms with Gasteiger partial charge in [0.15, 0.2) is 5.78 Å². The molecule has 1 N–H and O–H groups in total. The van der Waals surface area contributed by atoms with Gasteiger partial charge in [0, 0.05) is 24.6 Å². The van der Waals surface area contributed by atoms with E-state index in [-0.39, 0.29) is 5.78 Å². The number of hydrogen-bond donors (Lipinski definition) is 1. The fraction of sp³-hybridized carbons (Fsp3) is 0.462. The lowest BCUT2D eigenvalue weighted by Gasteiger charge is -2.08. The van der Waals surface area contributed by atoms with Crippen molar-refractivity contribution in [3.05, 3.63) is 28.8 Å². The third-order valence-corrected chi connectivity index (χ3v) is 2.67. The van der Waals surface area contributed by atoms with Crippen molar-refractivity contribution in [1.29, 1.82) is 0 Å². The van der Waals surface area contributed by atoms with Gasteiger partial charge in [0.05, 0.1) is 12.1 Å². The first-order valence-corrected chi connectivity index (χ1v) is 6.02. The summed E-state index contributed by atoms with van der Waals surface area (Å²) in [5.74, 6) is 0.672. The molecule has 0 aliphatic heterocycles. The predicted molar refractivity (Wildman–Crippen MR) is 70.1 cm³/mol. The zero-order valence-electron chi connectivity index (χ0n) is 10.4. The first-order valence-electron chi connectivity index (χ1n) is 5.64. The molecule has 0 amide bonds. The van der Waals surface area contributed by atoms with Crippen LogP contribution in [0.3, 0.4) is 0 Å². The smallest absolute Gasteiger partial charge is 0.164 e. The van der Waals surface area contributed by atoms with Gasteiger partial charge in [-0.3, -0.25) is 4.79 Å². The second-order valence-electron chi connectivity index (χ2n) is 4.13. The third-order valence-electron chi connectivity index (χ3n) is 2.38. The van der Waals surface area contributed by atoms with Gasteiger partial charge in [-0.15, -0.1) is 0 Å². The highest BCUT2D eigenvalue weighted by Crippen LogP contribution is 2.25. The van der Waals surface area contributed by atoms with Crippen molar-refractivity contribution >= 4 is 17.4 Å². The lowest BCUT2D eigenvalue weighted by atomic mass is 10.1. The number of carbonyl (C=O) groups excluding carboxylic acids is 1. The summed E-state index contributed by atoms with van der Waals surface area (Å²) in [5.41, 5.74) is 0.626. The SMILES string of the molecule is COc1ccc(C(=O)CCNC(C)C)cc1Cl. The Bertz CT molecular complexity index is 391. The summed E-state index contributed by atoms with van der Waals surface area (Å²) in [6.07, 6.45) is 0.473. The summed E-state index contributed by atoms with van der Waals surface area (Å²) in [4.78, 5) is 11.8. The maximum absolute atomic E-state index is 11.8. The average Bonchev–Trinajstić information content (AvgIpc) is 2.28. The number of ether oxygens (including phenoxy) is 1. The largest absolute Gasteiger partial charge is 0.495 e. The van der Waals surface area contributed by atoms with Crippen LogP contribution >= 0.6 is 11.6 Å². The molecule has 0 aromatic heterocycles. The predicted octanol–water partition coefficient (Wildman–Crippen LogP) is 2.92. The molecule has 4 heteroatoms. The van der Waals surface area contributed by atoms with Crippen LogP contribution in [0.15, 0.2) is 18.2 Å². The molecule has 0 spiro atoms. The number of ketones is 1. The molecule has 0 saturated heterocycles. The molecule has 0 saturated carbocycles. The van der Waals surface area contributed by atoms with Gasteiger partial charge in [-0.25, -0.2) is 0 Å². The number of carbonyl (C=O) groups is 1. The molecule has 17 heavy (non-hydrogen) atoms. The van der Waals surface area contributed by atoms with Crippen LogP contribution in [0.2, 0.25) is 5.02 Å². The first-order chi connectivity index (χ1) is 8.04. The zero-order valence-corrected chi connectivity index (χ0v) is 11.2. The number of hydrogen-bond acceptors (Lipinski definition) is 3. The van der Waals surface area contributed by atoms with Gasteiger partial charge in [0.25, 0.3) is 0 Å². The molecule has 1 aromatic rings. The second-order valence-corrected chi connectivity index (χ2v) is 4.54. The van der Waals surface area contributed by atoms with E-state index in [4.69, 9.17) is 16.3 Å².